The fraction of sp³-hybridized carbons (Fsp3) is 0.450. The number of aromatic nitrogens is 1. The van der Waals surface area contributed by atoms with Crippen LogP contribution in [-0.2, 0) is 0 Å². The Morgan fingerprint density at radius 2 is 2.30 bits per heavy atom. The lowest BCUT2D eigenvalue weighted by molar-refractivity contribution is 0.0969. The lowest BCUT2D eigenvalue weighted by Gasteiger charge is -2.44. The van der Waals surface area contributed by atoms with Gasteiger partial charge in [0, 0.05) is 44.3 Å². The second-order valence-electron chi connectivity index (χ2n) is 7.07. The minimum absolute atomic E-state index is 0.442. The zero-order valence-corrected chi connectivity index (χ0v) is 16.4. The number of nitrogens with zero attached hydrogens (tertiary/aromatic N) is 4. The summed E-state index contributed by atoms with van der Waals surface area (Å²) in [6, 6.07) is 4.74. The number of nitrogens with one attached hydrogen (secondary N) is 1. The number of hydrogen-bond acceptors (Lipinski definition) is 5. The molecule has 0 aromatic carbocycles. The van der Waals surface area contributed by atoms with E-state index in [1.54, 1.807) is 6.20 Å². The zero-order valence-electron chi connectivity index (χ0n) is 15.5. The minimum Gasteiger partial charge on any atom is -0.491 e. The number of rotatable bonds is 2. The lowest BCUT2D eigenvalue weighted by Crippen LogP contribution is -2.57. The van der Waals surface area contributed by atoms with Gasteiger partial charge in [0.05, 0.1) is 12.3 Å². The highest BCUT2D eigenvalue weighted by molar-refractivity contribution is 7.80. The fourth-order valence-electron chi connectivity index (χ4n) is 3.86. The molecule has 0 amide bonds. The molecule has 27 heavy (non-hydrogen) atoms. The third-order valence-electron chi connectivity index (χ3n) is 5.28. The van der Waals surface area contributed by atoms with E-state index in [2.05, 4.69) is 56.5 Å². The van der Waals surface area contributed by atoms with Gasteiger partial charge in [0.1, 0.15) is 11.4 Å². The molecular formula is C20H25N5OS. The summed E-state index contributed by atoms with van der Waals surface area (Å²) in [5.41, 5.74) is 4.78. The Kier molecular flexibility index (Phi) is 5.50. The predicted molar refractivity (Wildman–Crippen MR) is 111 cm³/mol. The molecule has 1 aliphatic carbocycles. The third-order valence-corrected chi connectivity index (χ3v) is 5.63. The maximum atomic E-state index is 5.63. The molecule has 0 saturated carbocycles. The number of piperazine rings is 1. The van der Waals surface area contributed by atoms with Crippen LogP contribution in [-0.4, -0.2) is 63.9 Å². The summed E-state index contributed by atoms with van der Waals surface area (Å²) in [6.07, 6.45) is 12.4. The topological polar surface area (TPSA) is 53.0 Å². The van der Waals surface area contributed by atoms with Crippen molar-refractivity contribution in [3.05, 3.63) is 48.3 Å². The highest BCUT2D eigenvalue weighted by Gasteiger charge is 2.29. The third kappa shape index (κ3) is 4.04. The summed E-state index contributed by atoms with van der Waals surface area (Å²) in [4.78, 5) is 9.16. The number of ether oxygens (including phenoxy) is 1. The van der Waals surface area contributed by atoms with E-state index in [1.807, 2.05) is 12.1 Å². The average Bonchev–Trinajstić information content (AvgIpc) is 2.72. The van der Waals surface area contributed by atoms with E-state index < -0.39 is 0 Å². The largest absolute Gasteiger partial charge is 0.491 e. The van der Waals surface area contributed by atoms with E-state index in [1.165, 1.54) is 0 Å². The van der Waals surface area contributed by atoms with Crippen LogP contribution in [0.15, 0.2) is 47.7 Å². The molecule has 0 spiro atoms. The molecule has 1 aromatic heterocycles. The van der Waals surface area contributed by atoms with Crippen LogP contribution in [0.1, 0.15) is 25.5 Å². The van der Waals surface area contributed by atoms with Gasteiger partial charge in [-0.25, -0.2) is 0 Å². The zero-order chi connectivity index (χ0) is 18.6. The Morgan fingerprint density at radius 1 is 1.37 bits per heavy atom. The molecule has 1 aromatic rings. The van der Waals surface area contributed by atoms with Gasteiger partial charge in [-0.1, -0.05) is 24.3 Å². The van der Waals surface area contributed by atoms with Crippen LogP contribution in [0.5, 0.6) is 5.75 Å². The Balaban J connectivity index is 1.36. The first-order valence-electron chi connectivity index (χ1n) is 9.51. The highest BCUT2D eigenvalue weighted by atomic mass is 32.1. The van der Waals surface area contributed by atoms with Crippen LogP contribution < -0.4 is 10.2 Å². The molecular weight excluding hydrogens is 358 g/mol. The van der Waals surface area contributed by atoms with E-state index in [0.717, 1.165) is 49.6 Å². The number of fused-ring (bicyclic) bond motifs is 1. The molecule has 1 fully saturated rings. The van der Waals surface area contributed by atoms with E-state index in [4.69, 9.17) is 17.0 Å². The van der Waals surface area contributed by atoms with Crippen molar-refractivity contribution in [2.45, 2.75) is 31.8 Å². The molecule has 2 atom stereocenters. The van der Waals surface area contributed by atoms with Gasteiger partial charge in [-0.2, -0.15) is 5.10 Å². The van der Waals surface area contributed by atoms with Crippen molar-refractivity contribution < 1.29 is 4.74 Å². The second-order valence-corrected chi connectivity index (χ2v) is 7.46. The second kappa shape index (κ2) is 8.19. The summed E-state index contributed by atoms with van der Waals surface area (Å²) >= 11 is 5.60. The first-order chi connectivity index (χ1) is 13.2. The molecule has 4 rings (SSSR count). The van der Waals surface area contributed by atoms with Crippen molar-refractivity contribution in [1.29, 1.82) is 0 Å². The van der Waals surface area contributed by atoms with Crippen LogP contribution in [0.25, 0.3) is 0 Å². The van der Waals surface area contributed by atoms with E-state index in [-0.39, 0.29) is 0 Å². The SMILES string of the molecule is CC1CN(C(=S)N/N=C2/CCOc3cccnc32)CCN1C1C=CC=CC1. The standard InChI is InChI=1S/C20H25N5OS/c1-15-14-24(11-12-25(15)16-6-3-2-4-7-16)20(27)23-22-17-9-13-26-18-8-5-10-21-19(17)18/h2-6,8,10,15-16H,7,9,11-14H2,1H3,(H,23,27)/b22-17-. The van der Waals surface area contributed by atoms with Crippen molar-refractivity contribution in [2.24, 2.45) is 5.10 Å². The first-order valence-corrected chi connectivity index (χ1v) is 9.92. The predicted octanol–water partition coefficient (Wildman–Crippen LogP) is 2.33. The van der Waals surface area contributed by atoms with E-state index in [0.29, 0.717) is 23.8 Å². The number of thiocarbonyl (C=S) groups is 1. The molecule has 142 valence electrons. The van der Waals surface area contributed by atoms with Gasteiger partial charge < -0.3 is 9.64 Å². The summed E-state index contributed by atoms with van der Waals surface area (Å²) < 4.78 is 5.63. The molecule has 1 saturated heterocycles. The number of pyridine rings is 1. The van der Waals surface area contributed by atoms with Crippen molar-refractivity contribution in [3.63, 3.8) is 0 Å². The van der Waals surface area contributed by atoms with Gasteiger partial charge in [-0.05, 0) is 37.7 Å². The molecule has 0 radical (unpaired) electrons. The maximum Gasteiger partial charge on any atom is 0.189 e. The van der Waals surface area contributed by atoms with Crippen molar-refractivity contribution >= 4 is 23.0 Å². The van der Waals surface area contributed by atoms with Crippen LogP contribution in [0.4, 0.5) is 0 Å². The lowest BCUT2D eigenvalue weighted by atomic mass is 10.0. The first kappa shape index (κ1) is 18.1. The van der Waals surface area contributed by atoms with Gasteiger partial charge in [0.25, 0.3) is 0 Å². The quantitative estimate of drug-likeness (QED) is 0.625. The van der Waals surface area contributed by atoms with Gasteiger partial charge in [0.15, 0.2) is 5.11 Å². The molecule has 3 heterocycles. The highest BCUT2D eigenvalue weighted by Crippen LogP contribution is 2.22. The summed E-state index contributed by atoms with van der Waals surface area (Å²) in [5.74, 6) is 0.784. The molecule has 1 N–H and O–H groups in total. The van der Waals surface area contributed by atoms with Crippen LogP contribution in [0, 0.1) is 0 Å². The number of hydrazone groups is 1. The Bertz CT molecular complexity index is 790. The van der Waals surface area contributed by atoms with E-state index >= 15 is 0 Å². The van der Waals surface area contributed by atoms with Crippen molar-refractivity contribution in [1.82, 2.24) is 20.2 Å². The van der Waals surface area contributed by atoms with Gasteiger partial charge in [-0.3, -0.25) is 15.3 Å². The van der Waals surface area contributed by atoms with Gasteiger partial charge in [-0.15, -0.1) is 0 Å². The summed E-state index contributed by atoms with van der Waals surface area (Å²) in [5, 5.41) is 5.22. The Morgan fingerprint density at radius 3 is 3.11 bits per heavy atom. The normalized spacial score (nSPS) is 26.6. The van der Waals surface area contributed by atoms with Crippen LogP contribution >= 0.6 is 12.2 Å². The molecule has 6 nitrogen and oxygen atoms in total. The molecule has 2 aliphatic heterocycles. The fourth-order valence-corrected chi connectivity index (χ4v) is 4.07. The van der Waals surface area contributed by atoms with Gasteiger partial charge >= 0.3 is 0 Å². The maximum absolute atomic E-state index is 5.63. The number of allylic oxidation sites excluding steroid dienone is 2. The summed E-state index contributed by atoms with van der Waals surface area (Å²) in [6.45, 7) is 5.70. The Hall–Kier alpha value is -2.25. The molecule has 7 heteroatoms. The van der Waals surface area contributed by atoms with Crippen molar-refractivity contribution in [3.8, 4) is 5.75 Å². The molecule has 0 bridgehead atoms. The smallest absolute Gasteiger partial charge is 0.189 e. The van der Waals surface area contributed by atoms with Crippen LogP contribution in [0.3, 0.4) is 0 Å². The van der Waals surface area contributed by atoms with Crippen molar-refractivity contribution in [2.75, 3.05) is 26.2 Å². The Labute approximate surface area is 165 Å². The monoisotopic (exact) mass is 383 g/mol. The minimum atomic E-state index is 0.442. The van der Waals surface area contributed by atoms with Gasteiger partial charge in [0.2, 0.25) is 0 Å². The molecule has 3 aliphatic rings. The van der Waals surface area contributed by atoms with E-state index in [9.17, 15) is 0 Å². The van der Waals surface area contributed by atoms with Crippen LogP contribution in [0.2, 0.25) is 0 Å². The molecule has 2 unspecified atom stereocenters. The number of hydrogen-bond donors (Lipinski definition) is 1. The summed E-state index contributed by atoms with van der Waals surface area (Å²) in [7, 11) is 0. The average molecular weight is 384 g/mol.